The lowest BCUT2D eigenvalue weighted by Gasteiger charge is -2.41. The molecule has 2 aliphatic rings. The molecule has 0 aromatic heterocycles. The van der Waals surface area contributed by atoms with Crippen molar-refractivity contribution in [2.75, 3.05) is 26.7 Å². The van der Waals surface area contributed by atoms with Crippen molar-refractivity contribution >= 4 is 29.9 Å². The standard InChI is InChI=1S/C17H34N4.HI/c1-5-17(9-6-10-17)13-20-16(18-4)19-11-12-21(14(2)3)15-7-8-15;/h14-15H,5-13H2,1-4H3,(H2,18,19,20);1H. The smallest absolute Gasteiger partial charge is 0.191 e. The number of guanidine groups is 1. The molecule has 0 aliphatic heterocycles. The quantitative estimate of drug-likeness (QED) is 0.359. The first-order chi connectivity index (χ1) is 10.1. The molecule has 5 heteroatoms. The van der Waals surface area contributed by atoms with E-state index in [-0.39, 0.29) is 24.0 Å². The van der Waals surface area contributed by atoms with Gasteiger partial charge in [-0.05, 0) is 51.4 Å². The second-order valence-electron chi connectivity index (χ2n) is 7.12. The summed E-state index contributed by atoms with van der Waals surface area (Å²) >= 11 is 0. The zero-order valence-electron chi connectivity index (χ0n) is 14.8. The third kappa shape index (κ3) is 5.55. The molecule has 0 unspecified atom stereocenters. The van der Waals surface area contributed by atoms with E-state index < -0.39 is 0 Å². The van der Waals surface area contributed by atoms with Gasteiger partial charge in [0.15, 0.2) is 5.96 Å². The Morgan fingerprint density at radius 3 is 2.36 bits per heavy atom. The van der Waals surface area contributed by atoms with Crippen LogP contribution in [0.2, 0.25) is 0 Å². The van der Waals surface area contributed by atoms with E-state index in [9.17, 15) is 0 Å². The molecule has 0 amide bonds. The third-order valence-corrected chi connectivity index (χ3v) is 5.36. The lowest BCUT2D eigenvalue weighted by molar-refractivity contribution is 0.131. The van der Waals surface area contributed by atoms with Gasteiger partial charge in [-0.2, -0.15) is 0 Å². The van der Waals surface area contributed by atoms with Gasteiger partial charge in [-0.25, -0.2) is 0 Å². The topological polar surface area (TPSA) is 39.7 Å². The summed E-state index contributed by atoms with van der Waals surface area (Å²) in [6.07, 6.45) is 8.17. The molecule has 0 atom stereocenters. The summed E-state index contributed by atoms with van der Waals surface area (Å²) in [6, 6.07) is 1.48. The van der Waals surface area contributed by atoms with E-state index in [1.807, 2.05) is 7.05 Å². The first kappa shape index (κ1) is 20.0. The SMILES string of the molecule is CCC1(CNC(=NC)NCCN(C(C)C)C2CC2)CCC1.I. The summed E-state index contributed by atoms with van der Waals surface area (Å²) in [5.74, 6) is 0.967. The van der Waals surface area contributed by atoms with Gasteiger partial charge in [0.05, 0.1) is 0 Å². The van der Waals surface area contributed by atoms with Crippen LogP contribution in [0.25, 0.3) is 0 Å². The fourth-order valence-electron chi connectivity index (χ4n) is 3.40. The lowest BCUT2D eigenvalue weighted by Crippen LogP contribution is -2.48. The summed E-state index contributed by atoms with van der Waals surface area (Å²) in [4.78, 5) is 6.97. The summed E-state index contributed by atoms with van der Waals surface area (Å²) in [7, 11) is 1.87. The maximum atomic E-state index is 4.36. The third-order valence-electron chi connectivity index (χ3n) is 5.36. The highest BCUT2D eigenvalue weighted by molar-refractivity contribution is 14.0. The van der Waals surface area contributed by atoms with Crippen LogP contribution in [0.1, 0.15) is 59.3 Å². The predicted octanol–water partition coefficient (Wildman–Crippen LogP) is 3.22. The fourth-order valence-corrected chi connectivity index (χ4v) is 3.40. The van der Waals surface area contributed by atoms with Gasteiger partial charge in [0.2, 0.25) is 0 Å². The first-order valence-electron chi connectivity index (χ1n) is 8.80. The van der Waals surface area contributed by atoms with E-state index >= 15 is 0 Å². The van der Waals surface area contributed by atoms with Crippen LogP contribution in [0.15, 0.2) is 4.99 Å². The summed E-state index contributed by atoms with van der Waals surface area (Å²) in [6.45, 7) is 10.1. The van der Waals surface area contributed by atoms with Gasteiger partial charge >= 0.3 is 0 Å². The van der Waals surface area contributed by atoms with Crippen LogP contribution in [0, 0.1) is 5.41 Å². The highest BCUT2D eigenvalue weighted by atomic mass is 127. The number of aliphatic imine (C=N–C) groups is 1. The minimum atomic E-state index is 0. The van der Waals surface area contributed by atoms with Gasteiger partial charge in [-0.1, -0.05) is 13.3 Å². The molecule has 0 heterocycles. The first-order valence-corrected chi connectivity index (χ1v) is 8.80. The molecular weight excluding hydrogens is 387 g/mol. The van der Waals surface area contributed by atoms with Crippen LogP contribution >= 0.6 is 24.0 Å². The molecule has 2 saturated carbocycles. The summed E-state index contributed by atoms with van der Waals surface area (Å²) < 4.78 is 0. The van der Waals surface area contributed by atoms with Crippen molar-refractivity contribution in [3.8, 4) is 0 Å². The van der Waals surface area contributed by atoms with E-state index in [1.54, 1.807) is 0 Å². The number of hydrogen-bond acceptors (Lipinski definition) is 2. The molecule has 22 heavy (non-hydrogen) atoms. The van der Waals surface area contributed by atoms with E-state index in [4.69, 9.17) is 0 Å². The van der Waals surface area contributed by atoms with Gasteiger partial charge in [0.25, 0.3) is 0 Å². The second kappa shape index (κ2) is 9.30. The van der Waals surface area contributed by atoms with E-state index in [0.717, 1.165) is 31.6 Å². The van der Waals surface area contributed by atoms with E-state index in [0.29, 0.717) is 11.5 Å². The number of nitrogens with one attached hydrogen (secondary N) is 2. The van der Waals surface area contributed by atoms with Crippen molar-refractivity contribution in [1.82, 2.24) is 15.5 Å². The molecule has 0 radical (unpaired) electrons. The molecule has 0 saturated heterocycles. The number of rotatable bonds is 8. The molecule has 0 aromatic carbocycles. The Hall–Kier alpha value is -0.0400. The van der Waals surface area contributed by atoms with Crippen molar-refractivity contribution in [2.24, 2.45) is 10.4 Å². The molecule has 2 N–H and O–H groups in total. The molecule has 0 bridgehead atoms. The Labute approximate surface area is 153 Å². The normalized spacial score (nSPS) is 20.5. The molecule has 130 valence electrons. The van der Waals surface area contributed by atoms with Crippen LogP contribution < -0.4 is 10.6 Å². The Balaban J connectivity index is 0.00000242. The van der Waals surface area contributed by atoms with Crippen molar-refractivity contribution in [3.63, 3.8) is 0 Å². The lowest BCUT2D eigenvalue weighted by atomic mass is 9.67. The van der Waals surface area contributed by atoms with Crippen molar-refractivity contribution in [1.29, 1.82) is 0 Å². The van der Waals surface area contributed by atoms with Crippen LogP contribution in [0.5, 0.6) is 0 Å². The zero-order chi connectivity index (χ0) is 15.3. The molecular formula is C17H35IN4. The maximum Gasteiger partial charge on any atom is 0.191 e. The van der Waals surface area contributed by atoms with Gasteiger partial charge in [-0.3, -0.25) is 9.89 Å². The average molecular weight is 422 g/mol. The number of nitrogens with zero attached hydrogens (tertiary/aromatic N) is 2. The van der Waals surface area contributed by atoms with Gasteiger partial charge in [-0.15, -0.1) is 24.0 Å². The second-order valence-corrected chi connectivity index (χ2v) is 7.12. The minimum Gasteiger partial charge on any atom is -0.356 e. The highest BCUT2D eigenvalue weighted by Crippen LogP contribution is 2.42. The Morgan fingerprint density at radius 1 is 1.27 bits per heavy atom. The van der Waals surface area contributed by atoms with Crippen LogP contribution in [0.4, 0.5) is 0 Å². The van der Waals surface area contributed by atoms with Crippen molar-refractivity contribution in [3.05, 3.63) is 0 Å². The highest BCUT2D eigenvalue weighted by Gasteiger charge is 2.35. The zero-order valence-corrected chi connectivity index (χ0v) is 17.2. The number of halogens is 1. The summed E-state index contributed by atoms with van der Waals surface area (Å²) in [5.41, 5.74) is 0.537. The van der Waals surface area contributed by atoms with Crippen molar-refractivity contribution in [2.45, 2.75) is 71.4 Å². The summed E-state index contributed by atoms with van der Waals surface area (Å²) in [5, 5.41) is 7.01. The molecule has 0 spiro atoms. The number of hydrogen-bond donors (Lipinski definition) is 2. The van der Waals surface area contributed by atoms with E-state index in [1.165, 1.54) is 38.5 Å². The fraction of sp³-hybridized carbons (Fsp3) is 0.941. The molecule has 2 aliphatic carbocycles. The molecule has 2 rings (SSSR count). The Morgan fingerprint density at radius 2 is 1.95 bits per heavy atom. The van der Waals surface area contributed by atoms with Crippen LogP contribution in [0.3, 0.4) is 0 Å². The van der Waals surface area contributed by atoms with Crippen molar-refractivity contribution < 1.29 is 0 Å². The molecule has 4 nitrogen and oxygen atoms in total. The molecule has 0 aromatic rings. The van der Waals surface area contributed by atoms with Gasteiger partial charge in [0, 0.05) is 38.8 Å². The monoisotopic (exact) mass is 422 g/mol. The Kier molecular flexibility index (Phi) is 8.46. The minimum absolute atomic E-state index is 0. The predicted molar refractivity (Wildman–Crippen MR) is 106 cm³/mol. The Bertz CT molecular complexity index is 341. The molecule has 2 fully saturated rings. The average Bonchev–Trinajstić information content (AvgIpc) is 3.24. The van der Waals surface area contributed by atoms with Crippen LogP contribution in [-0.4, -0.2) is 49.6 Å². The van der Waals surface area contributed by atoms with Gasteiger partial charge < -0.3 is 10.6 Å². The van der Waals surface area contributed by atoms with Gasteiger partial charge in [0.1, 0.15) is 0 Å². The van der Waals surface area contributed by atoms with Crippen LogP contribution in [-0.2, 0) is 0 Å². The largest absolute Gasteiger partial charge is 0.356 e. The van der Waals surface area contributed by atoms with E-state index in [2.05, 4.69) is 41.3 Å². The maximum absolute atomic E-state index is 4.36.